The molecule has 0 aliphatic heterocycles. The molecular formula is C65H122O6. The molecule has 0 aromatic heterocycles. The van der Waals surface area contributed by atoms with E-state index in [1.165, 1.54) is 250 Å². The van der Waals surface area contributed by atoms with Gasteiger partial charge in [-0.05, 0) is 51.4 Å². The topological polar surface area (TPSA) is 78.9 Å². The van der Waals surface area contributed by atoms with Crippen LogP contribution in [0.5, 0.6) is 0 Å². The van der Waals surface area contributed by atoms with E-state index in [4.69, 9.17) is 14.2 Å². The molecule has 0 aromatic carbocycles. The van der Waals surface area contributed by atoms with Crippen LogP contribution in [-0.4, -0.2) is 37.2 Å². The quantitative estimate of drug-likeness (QED) is 0.0261. The molecule has 0 aromatic rings. The van der Waals surface area contributed by atoms with Crippen LogP contribution in [0.2, 0.25) is 0 Å². The largest absolute Gasteiger partial charge is 0.462 e. The van der Waals surface area contributed by atoms with Crippen LogP contribution in [0.15, 0.2) is 24.3 Å². The minimum absolute atomic E-state index is 0.0675. The highest BCUT2D eigenvalue weighted by molar-refractivity contribution is 5.71. The van der Waals surface area contributed by atoms with Gasteiger partial charge in [0.1, 0.15) is 13.2 Å². The number of carbonyl (C=O) groups is 3. The lowest BCUT2D eigenvalue weighted by molar-refractivity contribution is -0.167. The molecule has 0 saturated heterocycles. The highest BCUT2D eigenvalue weighted by atomic mass is 16.6. The summed E-state index contributed by atoms with van der Waals surface area (Å²) in [5.41, 5.74) is 0. The zero-order chi connectivity index (χ0) is 51.4. The first kappa shape index (κ1) is 68.9. The second-order valence-electron chi connectivity index (χ2n) is 21.7. The Morgan fingerprint density at radius 3 is 0.775 bits per heavy atom. The first-order valence-electron chi connectivity index (χ1n) is 31.8. The molecule has 0 spiro atoms. The van der Waals surface area contributed by atoms with Crippen LogP contribution >= 0.6 is 0 Å². The molecule has 0 aliphatic carbocycles. The minimum Gasteiger partial charge on any atom is -0.462 e. The van der Waals surface area contributed by atoms with Gasteiger partial charge in [-0.15, -0.1) is 0 Å². The van der Waals surface area contributed by atoms with Gasteiger partial charge in [-0.25, -0.2) is 0 Å². The molecule has 71 heavy (non-hydrogen) atoms. The van der Waals surface area contributed by atoms with Crippen molar-refractivity contribution in [1.29, 1.82) is 0 Å². The molecule has 0 aliphatic rings. The van der Waals surface area contributed by atoms with E-state index in [2.05, 4.69) is 45.1 Å². The van der Waals surface area contributed by atoms with Gasteiger partial charge in [0, 0.05) is 19.3 Å². The van der Waals surface area contributed by atoms with Gasteiger partial charge >= 0.3 is 17.9 Å². The Labute approximate surface area is 443 Å². The number of ether oxygens (including phenoxy) is 3. The van der Waals surface area contributed by atoms with E-state index in [0.717, 1.165) is 64.2 Å². The van der Waals surface area contributed by atoms with Gasteiger partial charge in [0.2, 0.25) is 0 Å². The predicted molar refractivity (Wildman–Crippen MR) is 307 cm³/mol. The van der Waals surface area contributed by atoms with Gasteiger partial charge in [-0.2, -0.15) is 0 Å². The van der Waals surface area contributed by atoms with Gasteiger partial charge in [0.25, 0.3) is 0 Å². The molecule has 6 nitrogen and oxygen atoms in total. The second-order valence-corrected chi connectivity index (χ2v) is 21.7. The summed E-state index contributed by atoms with van der Waals surface area (Å²) in [6.45, 7) is 6.66. The maximum Gasteiger partial charge on any atom is 0.306 e. The Morgan fingerprint density at radius 1 is 0.282 bits per heavy atom. The van der Waals surface area contributed by atoms with E-state index in [1.54, 1.807) is 0 Å². The predicted octanol–water partition coefficient (Wildman–Crippen LogP) is 21.4. The summed E-state index contributed by atoms with van der Waals surface area (Å²) in [7, 11) is 0. The maximum atomic E-state index is 12.9. The van der Waals surface area contributed by atoms with E-state index < -0.39 is 6.10 Å². The van der Waals surface area contributed by atoms with Crippen LogP contribution in [0, 0.1) is 0 Å². The normalized spacial score (nSPS) is 12.1. The number of allylic oxidation sites excluding steroid dienone is 4. The van der Waals surface area contributed by atoms with Gasteiger partial charge in [0.15, 0.2) is 6.10 Å². The first-order valence-corrected chi connectivity index (χ1v) is 31.8. The fourth-order valence-corrected chi connectivity index (χ4v) is 9.65. The van der Waals surface area contributed by atoms with Crippen LogP contribution in [0.4, 0.5) is 0 Å². The molecular weight excluding hydrogens is 877 g/mol. The minimum atomic E-state index is -0.768. The first-order chi connectivity index (χ1) is 35.0. The standard InChI is InChI=1S/C65H122O6/c1-4-7-10-13-16-19-21-23-25-27-29-31-32-33-35-36-38-40-42-44-46-49-52-55-58-64(67)70-61-62(60-69-63(66)57-54-51-48-18-15-12-9-6-3)71-65(68)59-56-53-50-47-45-43-41-39-37-34-30-28-26-24-22-20-17-14-11-8-5-2/h22,24,28,30,62H,4-21,23,25-27,29,31-61H2,1-3H3/b24-22-,30-28-. The van der Waals surface area contributed by atoms with Gasteiger partial charge in [0.05, 0.1) is 0 Å². The Kier molecular flexibility index (Phi) is 58.6. The summed E-state index contributed by atoms with van der Waals surface area (Å²) in [6.07, 6.45) is 72.1. The summed E-state index contributed by atoms with van der Waals surface area (Å²) >= 11 is 0. The summed E-state index contributed by atoms with van der Waals surface area (Å²) in [6, 6.07) is 0. The van der Waals surface area contributed by atoms with Crippen molar-refractivity contribution >= 4 is 17.9 Å². The molecule has 0 N–H and O–H groups in total. The lowest BCUT2D eigenvalue weighted by atomic mass is 10.0. The van der Waals surface area contributed by atoms with E-state index >= 15 is 0 Å². The SMILES string of the molecule is CCCCCCC/C=C\C/C=C\CCCCCCCCCCCC(=O)OC(COC(=O)CCCCCCCCCC)COC(=O)CCCCCCCCCCCCCCCCCCCCCCCCCC. The average molecular weight is 1000 g/mol. The molecule has 0 fully saturated rings. The van der Waals surface area contributed by atoms with Crippen LogP contribution in [0.3, 0.4) is 0 Å². The summed E-state index contributed by atoms with van der Waals surface area (Å²) in [4.78, 5) is 38.1. The molecule has 0 heterocycles. The zero-order valence-electron chi connectivity index (χ0n) is 48.0. The van der Waals surface area contributed by atoms with Crippen LogP contribution in [0.25, 0.3) is 0 Å². The monoisotopic (exact) mass is 999 g/mol. The second kappa shape index (κ2) is 60.4. The molecule has 1 atom stereocenters. The van der Waals surface area contributed by atoms with Crippen molar-refractivity contribution < 1.29 is 28.6 Å². The molecule has 0 amide bonds. The highest BCUT2D eigenvalue weighted by Gasteiger charge is 2.19. The molecule has 0 radical (unpaired) electrons. The van der Waals surface area contributed by atoms with Gasteiger partial charge in [-0.1, -0.05) is 308 Å². The Hall–Kier alpha value is -2.11. The van der Waals surface area contributed by atoms with Crippen LogP contribution in [-0.2, 0) is 28.6 Å². The lowest BCUT2D eigenvalue weighted by Crippen LogP contribution is -2.30. The maximum absolute atomic E-state index is 12.9. The summed E-state index contributed by atoms with van der Waals surface area (Å²) < 4.78 is 16.9. The number of unbranched alkanes of at least 4 members (excludes halogenated alkanes) is 44. The van der Waals surface area contributed by atoms with Crippen molar-refractivity contribution in [1.82, 2.24) is 0 Å². The van der Waals surface area contributed by atoms with E-state index in [9.17, 15) is 14.4 Å². The molecule has 0 bridgehead atoms. The number of hydrogen-bond acceptors (Lipinski definition) is 6. The van der Waals surface area contributed by atoms with Gasteiger partial charge < -0.3 is 14.2 Å². The smallest absolute Gasteiger partial charge is 0.306 e. The van der Waals surface area contributed by atoms with Crippen LogP contribution < -0.4 is 0 Å². The molecule has 6 heteroatoms. The third-order valence-corrected chi connectivity index (χ3v) is 14.5. The third-order valence-electron chi connectivity index (χ3n) is 14.5. The summed E-state index contributed by atoms with van der Waals surface area (Å²) in [5.74, 6) is -0.852. The molecule has 418 valence electrons. The number of carbonyl (C=O) groups excluding carboxylic acids is 3. The van der Waals surface area contributed by atoms with Crippen molar-refractivity contribution in [3.63, 3.8) is 0 Å². The highest BCUT2D eigenvalue weighted by Crippen LogP contribution is 2.18. The zero-order valence-corrected chi connectivity index (χ0v) is 48.0. The number of hydrogen-bond donors (Lipinski definition) is 0. The lowest BCUT2D eigenvalue weighted by Gasteiger charge is -2.18. The number of rotatable bonds is 59. The van der Waals surface area contributed by atoms with Crippen molar-refractivity contribution in [3.8, 4) is 0 Å². The third kappa shape index (κ3) is 58.7. The Balaban J connectivity index is 4.13. The van der Waals surface area contributed by atoms with E-state index in [-0.39, 0.29) is 31.1 Å². The van der Waals surface area contributed by atoms with Crippen molar-refractivity contribution in [2.24, 2.45) is 0 Å². The fraction of sp³-hybridized carbons (Fsp3) is 0.892. The molecule has 0 rings (SSSR count). The van der Waals surface area contributed by atoms with E-state index in [1.807, 2.05) is 0 Å². The Morgan fingerprint density at radius 2 is 0.507 bits per heavy atom. The van der Waals surface area contributed by atoms with Crippen molar-refractivity contribution in [2.75, 3.05) is 13.2 Å². The average Bonchev–Trinajstić information content (AvgIpc) is 3.37. The Bertz CT molecular complexity index is 1150. The molecule has 1 unspecified atom stereocenters. The summed E-state index contributed by atoms with van der Waals surface area (Å²) in [5, 5.41) is 0. The van der Waals surface area contributed by atoms with Crippen molar-refractivity contribution in [2.45, 2.75) is 361 Å². The number of esters is 3. The fourth-order valence-electron chi connectivity index (χ4n) is 9.65. The molecule has 0 saturated carbocycles. The van der Waals surface area contributed by atoms with E-state index in [0.29, 0.717) is 19.3 Å². The van der Waals surface area contributed by atoms with Crippen LogP contribution in [0.1, 0.15) is 355 Å². The van der Waals surface area contributed by atoms with Crippen molar-refractivity contribution in [3.05, 3.63) is 24.3 Å². The van der Waals surface area contributed by atoms with Gasteiger partial charge in [-0.3, -0.25) is 14.4 Å².